The van der Waals surface area contributed by atoms with Crippen LogP contribution in [-0.4, -0.2) is 49.0 Å². The van der Waals surface area contributed by atoms with Crippen LogP contribution >= 0.6 is 0 Å². The van der Waals surface area contributed by atoms with Crippen LogP contribution in [0, 0.1) is 6.92 Å². The lowest BCUT2D eigenvalue weighted by Crippen LogP contribution is -2.35. The summed E-state index contributed by atoms with van der Waals surface area (Å²) >= 11 is 0. The van der Waals surface area contributed by atoms with Crippen molar-refractivity contribution in [3.63, 3.8) is 0 Å². The van der Waals surface area contributed by atoms with Gasteiger partial charge in [0.1, 0.15) is 0 Å². The minimum Gasteiger partial charge on any atom is -0.386 e. The molecule has 1 aliphatic rings. The Morgan fingerprint density at radius 1 is 1.11 bits per heavy atom. The monoisotopic (exact) mass is 482 g/mol. The van der Waals surface area contributed by atoms with E-state index < -0.39 is 5.60 Å². The van der Waals surface area contributed by atoms with Crippen LogP contribution in [0.3, 0.4) is 0 Å². The molecule has 36 heavy (non-hydrogen) atoms. The van der Waals surface area contributed by atoms with Crippen LogP contribution in [0.4, 0.5) is 0 Å². The zero-order chi connectivity index (χ0) is 25.0. The van der Waals surface area contributed by atoms with Gasteiger partial charge in [0.05, 0.1) is 59.0 Å². The molecule has 8 nitrogen and oxygen atoms in total. The van der Waals surface area contributed by atoms with E-state index in [1.165, 1.54) is 5.56 Å². The molecule has 0 radical (unpaired) electrons. The number of ether oxygens (including phenoxy) is 1. The first-order valence-corrected chi connectivity index (χ1v) is 12.2. The van der Waals surface area contributed by atoms with Gasteiger partial charge in [-0.1, -0.05) is 47.7 Å². The minimum absolute atomic E-state index is 0.0476. The fraction of sp³-hybridized carbons (Fsp3) is 0.321. The third kappa shape index (κ3) is 3.69. The Morgan fingerprint density at radius 3 is 2.58 bits per heavy atom. The summed E-state index contributed by atoms with van der Waals surface area (Å²) in [6.07, 6.45) is 1.90. The Labute approximate surface area is 209 Å². The Hall–Kier alpha value is -3.59. The first kappa shape index (κ1) is 22.8. The van der Waals surface area contributed by atoms with E-state index in [1.807, 2.05) is 46.1 Å². The number of hydrogen-bond acceptors (Lipinski definition) is 6. The second-order valence-electron chi connectivity index (χ2n) is 10.1. The third-order valence-electron chi connectivity index (χ3n) is 7.16. The SMILES string of the molecule is Cc1nnn(C)c1-c1cnc2c3ccc(C(C)(C)O)cc3n(C(c3ccccc3)C3COCN3)c2c1. The van der Waals surface area contributed by atoms with E-state index in [0.29, 0.717) is 13.3 Å². The van der Waals surface area contributed by atoms with E-state index in [9.17, 15) is 5.11 Å². The molecule has 8 heteroatoms. The highest BCUT2D eigenvalue weighted by Gasteiger charge is 2.32. The molecular weight excluding hydrogens is 452 g/mol. The molecule has 2 unspecified atom stereocenters. The highest BCUT2D eigenvalue weighted by atomic mass is 16.5. The fourth-order valence-corrected chi connectivity index (χ4v) is 5.40. The summed E-state index contributed by atoms with van der Waals surface area (Å²) in [5.74, 6) is 0. The smallest absolute Gasteiger partial charge is 0.0969 e. The average Bonchev–Trinajstić information content (AvgIpc) is 3.58. The van der Waals surface area contributed by atoms with Crippen molar-refractivity contribution in [2.45, 2.75) is 38.5 Å². The van der Waals surface area contributed by atoms with E-state index >= 15 is 0 Å². The van der Waals surface area contributed by atoms with Gasteiger partial charge in [-0.3, -0.25) is 10.3 Å². The maximum Gasteiger partial charge on any atom is 0.0969 e. The quantitative estimate of drug-likeness (QED) is 0.393. The van der Waals surface area contributed by atoms with Crippen molar-refractivity contribution in [1.29, 1.82) is 0 Å². The van der Waals surface area contributed by atoms with Gasteiger partial charge in [-0.25, -0.2) is 4.68 Å². The van der Waals surface area contributed by atoms with Crippen LogP contribution in [0.1, 0.15) is 36.7 Å². The molecule has 1 saturated heterocycles. The molecule has 2 atom stereocenters. The van der Waals surface area contributed by atoms with Crippen molar-refractivity contribution in [3.05, 3.63) is 77.6 Å². The molecule has 2 N–H and O–H groups in total. The molecule has 184 valence electrons. The molecule has 0 spiro atoms. The van der Waals surface area contributed by atoms with Crippen molar-refractivity contribution >= 4 is 21.9 Å². The summed E-state index contributed by atoms with van der Waals surface area (Å²) in [7, 11) is 1.90. The number of aliphatic hydroxyl groups is 1. The predicted octanol–water partition coefficient (Wildman–Crippen LogP) is 4.06. The summed E-state index contributed by atoms with van der Waals surface area (Å²) in [6.45, 7) is 6.71. The number of fused-ring (bicyclic) bond motifs is 3. The van der Waals surface area contributed by atoms with Crippen LogP contribution in [0.2, 0.25) is 0 Å². The van der Waals surface area contributed by atoms with Crippen molar-refractivity contribution < 1.29 is 9.84 Å². The molecule has 5 aromatic rings. The normalized spacial score (nSPS) is 17.3. The molecule has 1 aliphatic heterocycles. The first-order valence-electron chi connectivity index (χ1n) is 12.2. The van der Waals surface area contributed by atoms with E-state index in [-0.39, 0.29) is 12.1 Å². The summed E-state index contributed by atoms with van der Waals surface area (Å²) in [4.78, 5) is 4.96. The Bertz CT molecular complexity index is 1540. The molecule has 4 heterocycles. The molecule has 0 saturated carbocycles. The largest absolute Gasteiger partial charge is 0.386 e. The number of aryl methyl sites for hydroxylation is 2. The Morgan fingerprint density at radius 2 is 1.92 bits per heavy atom. The van der Waals surface area contributed by atoms with Gasteiger partial charge in [0, 0.05) is 24.2 Å². The summed E-state index contributed by atoms with van der Waals surface area (Å²) in [6, 6.07) is 18.9. The molecular formula is C28H30N6O2. The second kappa shape index (κ2) is 8.51. The van der Waals surface area contributed by atoms with E-state index in [1.54, 1.807) is 4.68 Å². The number of nitrogens with one attached hydrogen (secondary N) is 1. The van der Waals surface area contributed by atoms with Gasteiger partial charge in [0.15, 0.2) is 0 Å². The highest BCUT2D eigenvalue weighted by molar-refractivity contribution is 6.07. The van der Waals surface area contributed by atoms with Crippen molar-refractivity contribution in [1.82, 2.24) is 29.9 Å². The Kier molecular flexibility index (Phi) is 5.40. The lowest BCUT2D eigenvalue weighted by atomic mass is 9.96. The molecule has 0 amide bonds. The van der Waals surface area contributed by atoms with Gasteiger partial charge in [0.2, 0.25) is 0 Å². The molecule has 0 bridgehead atoms. The van der Waals surface area contributed by atoms with E-state index in [2.05, 4.69) is 62.7 Å². The number of nitrogens with zero attached hydrogens (tertiary/aromatic N) is 5. The lowest BCUT2D eigenvalue weighted by Gasteiger charge is -2.27. The van der Waals surface area contributed by atoms with Crippen molar-refractivity contribution in [3.8, 4) is 11.3 Å². The number of pyridine rings is 1. The average molecular weight is 483 g/mol. The van der Waals surface area contributed by atoms with E-state index in [0.717, 1.165) is 44.5 Å². The highest BCUT2D eigenvalue weighted by Crippen LogP contribution is 2.38. The van der Waals surface area contributed by atoms with Crippen molar-refractivity contribution in [2.75, 3.05) is 13.3 Å². The van der Waals surface area contributed by atoms with Gasteiger partial charge in [-0.15, -0.1) is 5.10 Å². The first-order chi connectivity index (χ1) is 17.3. The maximum atomic E-state index is 10.8. The van der Waals surface area contributed by atoms with Crippen LogP contribution in [0.25, 0.3) is 33.2 Å². The van der Waals surface area contributed by atoms with Crippen LogP contribution < -0.4 is 5.32 Å². The standard InChI is InChI=1S/C28H30N6O2/c1-17-26(33(4)32-31-17)19-12-24-25(29-14-19)21-11-10-20(28(2,3)35)13-23(21)34(24)27(22-15-36-16-30-22)18-8-6-5-7-9-18/h5-14,22,27,30,35H,15-16H2,1-4H3. The zero-order valence-electron chi connectivity index (χ0n) is 20.9. The topological polar surface area (TPSA) is 90.0 Å². The third-order valence-corrected chi connectivity index (χ3v) is 7.16. The molecule has 0 aliphatic carbocycles. The van der Waals surface area contributed by atoms with Crippen LogP contribution in [0.5, 0.6) is 0 Å². The summed E-state index contributed by atoms with van der Waals surface area (Å²) < 4.78 is 9.92. The summed E-state index contributed by atoms with van der Waals surface area (Å²) in [5.41, 5.74) is 6.78. The Balaban J connectivity index is 1.70. The maximum absolute atomic E-state index is 10.8. The minimum atomic E-state index is -0.970. The molecule has 3 aromatic heterocycles. The van der Waals surface area contributed by atoms with Gasteiger partial charge < -0.3 is 14.4 Å². The number of hydrogen-bond donors (Lipinski definition) is 2. The van der Waals surface area contributed by atoms with Gasteiger partial charge in [-0.05, 0) is 44.0 Å². The van der Waals surface area contributed by atoms with Gasteiger partial charge >= 0.3 is 0 Å². The van der Waals surface area contributed by atoms with Gasteiger partial charge in [0.25, 0.3) is 0 Å². The number of benzene rings is 2. The fourth-order valence-electron chi connectivity index (χ4n) is 5.40. The molecule has 1 fully saturated rings. The van der Waals surface area contributed by atoms with Gasteiger partial charge in [-0.2, -0.15) is 0 Å². The number of aromatic nitrogens is 5. The van der Waals surface area contributed by atoms with Crippen LogP contribution in [-0.2, 0) is 17.4 Å². The molecule has 6 rings (SSSR count). The van der Waals surface area contributed by atoms with E-state index in [4.69, 9.17) is 9.72 Å². The lowest BCUT2D eigenvalue weighted by molar-refractivity contribution is 0.0787. The predicted molar refractivity (Wildman–Crippen MR) is 140 cm³/mol. The van der Waals surface area contributed by atoms with Crippen molar-refractivity contribution in [2.24, 2.45) is 7.05 Å². The second-order valence-corrected chi connectivity index (χ2v) is 10.1. The molecule has 2 aromatic carbocycles. The zero-order valence-corrected chi connectivity index (χ0v) is 20.9. The van der Waals surface area contributed by atoms with Crippen LogP contribution in [0.15, 0.2) is 60.8 Å². The number of rotatable bonds is 5. The summed E-state index contributed by atoms with van der Waals surface area (Å²) in [5, 5.41) is 23.9.